The largest absolute Gasteiger partial charge is 0.379 e. The normalized spacial score (nSPS) is 16.1. The second kappa shape index (κ2) is 9.27. The van der Waals surface area contributed by atoms with E-state index in [1.165, 1.54) is 22.5 Å². The van der Waals surface area contributed by atoms with Crippen LogP contribution < -0.4 is 0 Å². The highest BCUT2D eigenvalue weighted by Crippen LogP contribution is 2.29. The number of imidazole rings is 1. The molecular formula is C22H22ClF2N3O3S. The molecule has 0 atom stereocenters. The first-order valence-electron chi connectivity index (χ1n) is 10.2. The summed E-state index contributed by atoms with van der Waals surface area (Å²) >= 11 is 6.52. The van der Waals surface area contributed by atoms with Gasteiger partial charge in [-0.05, 0) is 48.4 Å². The topological polar surface area (TPSA) is 64.4 Å². The number of aromatic nitrogens is 2. The molecule has 2 heterocycles. The van der Waals surface area contributed by atoms with E-state index in [0.717, 1.165) is 24.1 Å². The summed E-state index contributed by atoms with van der Waals surface area (Å²) < 4.78 is 61.4. The number of fused-ring (bicyclic) bond motifs is 1. The molecule has 1 aliphatic rings. The van der Waals surface area contributed by atoms with Gasteiger partial charge in [-0.1, -0.05) is 24.6 Å². The third-order valence-corrected chi connectivity index (χ3v) is 7.40. The Bertz CT molecular complexity index is 1290. The Hall–Kier alpha value is -2.33. The fourth-order valence-electron chi connectivity index (χ4n) is 3.65. The number of morpholine rings is 1. The van der Waals surface area contributed by atoms with Gasteiger partial charge >= 0.3 is 0 Å². The van der Waals surface area contributed by atoms with Gasteiger partial charge in [0.15, 0.2) is 17.5 Å². The van der Waals surface area contributed by atoms with Crippen molar-refractivity contribution in [2.75, 3.05) is 26.3 Å². The first kappa shape index (κ1) is 22.8. The molecule has 0 bridgehead atoms. The summed E-state index contributed by atoms with van der Waals surface area (Å²) in [6.07, 6.45) is 2.30. The van der Waals surface area contributed by atoms with Crippen LogP contribution in [0.3, 0.4) is 0 Å². The molecule has 4 rings (SSSR count). The van der Waals surface area contributed by atoms with Crippen LogP contribution in [0.15, 0.2) is 41.3 Å². The number of aryl methyl sites for hydroxylation is 1. The number of rotatable bonds is 6. The summed E-state index contributed by atoms with van der Waals surface area (Å²) in [5, 5.41) is 0.234. The zero-order valence-electron chi connectivity index (χ0n) is 17.4. The lowest BCUT2D eigenvalue weighted by Crippen LogP contribution is -2.40. The lowest BCUT2D eigenvalue weighted by molar-refractivity contribution is 0.0730. The number of ether oxygens (including phenoxy) is 1. The molecule has 2 aromatic carbocycles. The number of benzene rings is 2. The van der Waals surface area contributed by atoms with E-state index in [9.17, 15) is 17.2 Å². The van der Waals surface area contributed by atoms with Gasteiger partial charge in [0.05, 0.1) is 34.2 Å². The van der Waals surface area contributed by atoms with E-state index in [4.69, 9.17) is 16.3 Å². The Labute approximate surface area is 190 Å². The number of hydrogen-bond acceptors (Lipinski definition) is 4. The second-order valence-corrected chi connectivity index (χ2v) is 9.76. The van der Waals surface area contributed by atoms with E-state index < -0.39 is 21.7 Å². The van der Waals surface area contributed by atoms with Crippen molar-refractivity contribution in [1.29, 1.82) is 0 Å². The maximum absolute atomic E-state index is 13.6. The zero-order chi connectivity index (χ0) is 22.9. The molecule has 32 heavy (non-hydrogen) atoms. The molecule has 1 aromatic heterocycles. The molecule has 1 fully saturated rings. The Morgan fingerprint density at radius 2 is 1.91 bits per heavy atom. The van der Waals surface area contributed by atoms with Crippen molar-refractivity contribution < 1.29 is 21.9 Å². The maximum atomic E-state index is 13.6. The molecular weight excluding hydrogens is 460 g/mol. The number of hydrogen-bond donors (Lipinski definition) is 0. The highest BCUT2D eigenvalue weighted by Gasteiger charge is 2.27. The molecule has 0 N–H and O–H groups in total. The van der Waals surface area contributed by atoms with Crippen molar-refractivity contribution in [2.24, 2.45) is 0 Å². The van der Waals surface area contributed by atoms with Crippen molar-refractivity contribution in [3.8, 4) is 0 Å². The van der Waals surface area contributed by atoms with E-state index in [2.05, 4.69) is 4.98 Å². The summed E-state index contributed by atoms with van der Waals surface area (Å²) in [5.74, 6) is -1.48. The minimum atomic E-state index is -3.67. The minimum absolute atomic E-state index is 0.153. The molecule has 0 amide bonds. The molecule has 0 spiro atoms. The molecule has 1 saturated heterocycles. The van der Waals surface area contributed by atoms with Gasteiger partial charge in [0.25, 0.3) is 0 Å². The first-order valence-corrected chi connectivity index (χ1v) is 12.0. The van der Waals surface area contributed by atoms with Crippen LogP contribution in [0.5, 0.6) is 0 Å². The van der Waals surface area contributed by atoms with E-state index >= 15 is 0 Å². The molecule has 0 unspecified atom stereocenters. The van der Waals surface area contributed by atoms with Crippen LogP contribution >= 0.6 is 11.6 Å². The van der Waals surface area contributed by atoms with E-state index in [1.807, 2.05) is 11.5 Å². The van der Waals surface area contributed by atoms with Crippen molar-refractivity contribution >= 4 is 43.8 Å². The first-order chi connectivity index (χ1) is 15.3. The summed E-state index contributed by atoms with van der Waals surface area (Å²) in [6, 6.07) is 8.33. The number of nitrogens with zero attached hydrogens (tertiary/aromatic N) is 3. The summed E-state index contributed by atoms with van der Waals surface area (Å²) in [7, 11) is -3.67. The van der Waals surface area contributed by atoms with Crippen LogP contribution in [-0.2, 0) is 21.3 Å². The van der Waals surface area contributed by atoms with Crippen LogP contribution in [0.2, 0.25) is 0 Å². The van der Waals surface area contributed by atoms with Crippen LogP contribution in [-0.4, -0.2) is 48.6 Å². The standard InChI is InChI=1S/C22H22ClF2N3O3S/c1-2-7-28-21-6-4-16(32(29,30)27-8-10-31-11-9-27)14-20(21)26-22(28)17(23)12-15-3-5-18(24)19(25)13-15/h3-6,12-14H,2,7-11H2,1H3. The van der Waals surface area contributed by atoms with Crippen LogP contribution in [0, 0.1) is 11.6 Å². The third kappa shape index (κ3) is 4.43. The number of halogens is 3. The second-order valence-electron chi connectivity index (χ2n) is 7.42. The van der Waals surface area contributed by atoms with Gasteiger partial charge in [0.1, 0.15) is 0 Å². The Morgan fingerprint density at radius 1 is 1.16 bits per heavy atom. The molecule has 3 aromatic rings. The quantitative estimate of drug-likeness (QED) is 0.520. The molecule has 0 aliphatic carbocycles. The van der Waals surface area contributed by atoms with Gasteiger partial charge in [-0.15, -0.1) is 0 Å². The van der Waals surface area contributed by atoms with E-state index in [-0.39, 0.29) is 9.93 Å². The number of sulfonamides is 1. The Morgan fingerprint density at radius 3 is 2.59 bits per heavy atom. The Kier molecular flexibility index (Phi) is 6.62. The van der Waals surface area contributed by atoms with Crippen LogP contribution in [0.1, 0.15) is 24.7 Å². The van der Waals surface area contributed by atoms with Crippen molar-refractivity contribution in [2.45, 2.75) is 24.8 Å². The SMILES string of the molecule is CCCn1c(C(Cl)=Cc2ccc(F)c(F)c2)nc2cc(S(=O)(=O)N3CCOCC3)ccc21. The lowest BCUT2D eigenvalue weighted by Gasteiger charge is -2.26. The van der Waals surface area contributed by atoms with Crippen molar-refractivity contribution in [3.63, 3.8) is 0 Å². The molecule has 6 nitrogen and oxygen atoms in total. The molecule has 170 valence electrons. The predicted octanol–water partition coefficient (Wildman–Crippen LogP) is 4.48. The zero-order valence-corrected chi connectivity index (χ0v) is 19.0. The highest BCUT2D eigenvalue weighted by atomic mass is 35.5. The summed E-state index contributed by atoms with van der Waals surface area (Å²) in [6.45, 7) is 3.93. The average Bonchev–Trinajstić information content (AvgIpc) is 3.15. The van der Waals surface area contributed by atoms with Crippen LogP contribution in [0.25, 0.3) is 22.1 Å². The molecule has 0 radical (unpaired) electrons. The minimum Gasteiger partial charge on any atom is -0.379 e. The van der Waals surface area contributed by atoms with E-state index in [0.29, 0.717) is 49.8 Å². The van der Waals surface area contributed by atoms with Gasteiger partial charge in [0, 0.05) is 19.6 Å². The Balaban J connectivity index is 1.76. The van der Waals surface area contributed by atoms with E-state index in [1.54, 1.807) is 12.1 Å². The van der Waals surface area contributed by atoms with Gasteiger partial charge in [-0.2, -0.15) is 4.31 Å². The fourth-order valence-corrected chi connectivity index (χ4v) is 5.35. The third-order valence-electron chi connectivity index (χ3n) is 5.23. The van der Waals surface area contributed by atoms with Gasteiger partial charge in [0.2, 0.25) is 10.0 Å². The van der Waals surface area contributed by atoms with Crippen molar-refractivity contribution in [3.05, 3.63) is 59.4 Å². The lowest BCUT2D eigenvalue weighted by atomic mass is 10.2. The molecule has 0 saturated carbocycles. The molecule has 10 heteroatoms. The smallest absolute Gasteiger partial charge is 0.243 e. The maximum Gasteiger partial charge on any atom is 0.243 e. The summed E-state index contributed by atoms with van der Waals surface area (Å²) in [5.41, 5.74) is 1.61. The van der Waals surface area contributed by atoms with Gasteiger partial charge in [-0.3, -0.25) is 0 Å². The van der Waals surface area contributed by atoms with Gasteiger partial charge < -0.3 is 9.30 Å². The molecule has 1 aliphatic heterocycles. The monoisotopic (exact) mass is 481 g/mol. The highest BCUT2D eigenvalue weighted by molar-refractivity contribution is 7.89. The fraction of sp³-hybridized carbons (Fsp3) is 0.318. The summed E-state index contributed by atoms with van der Waals surface area (Å²) in [4.78, 5) is 4.73. The van der Waals surface area contributed by atoms with Gasteiger partial charge in [-0.25, -0.2) is 22.2 Å². The van der Waals surface area contributed by atoms with Crippen LogP contribution in [0.4, 0.5) is 8.78 Å². The predicted molar refractivity (Wildman–Crippen MR) is 120 cm³/mol. The average molecular weight is 482 g/mol. The van der Waals surface area contributed by atoms with Crippen molar-refractivity contribution in [1.82, 2.24) is 13.9 Å².